The molecule has 0 spiro atoms. The van der Waals surface area contributed by atoms with Crippen LogP contribution in [0.25, 0.3) is 88.3 Å². The number of fused-ring (bicyclic) bond motifs is 7. The summed E-state index contributed by atoms with van der Waals surface area (Å²) in [6.07, 6.45) is 3.67. The third kappa shape index (κ3) is 4.29. The minimum Gasteiger partial charge on any atom is -0.455 e. The molecule has 0 radical (unpaired) electrons. The van der Waals surface area contributed by atoms with E-state index in [1.165, 1.54) is 32.3 Å². The maximum Gasteiger partial charge on any atom is 0.143 e. The van der Waals surface area contributed by atoms with Crippen LogP contribution in [0.4, 0.5) is 0 Å². The lowest BCUT2D eigenvalue weighted by Crippen LogP contribution is -1.89. The molecule has 0 bridgehead atoms. The predicted octanol–water partition coefficient (Wildman–Crippen LogP) is 11.4. The van der Waals surface area contributed by atoms with Gasteiger partial charge in [0.05, 0.1) is 11.4 Å². The van der Waals surface area contributed by atoms with E-state index in [1.807, 2.05) is 48.8 Å². The number of benzene rings is 6. The molecule has 45 heavy (non-hydrogen) atoms. The number of aromatic nitrogens is 2. The quantitative estimate of drug-likeness (QED) is 0.210. The van der Waals surface area contributed by atoms with E-state index in [9.17, 15) is 0 Å². The molecule has 3 heterocycles. The molecular formula is C42H26N2O. The highest BCUT2D eigenvalue weighted by Crippen LogP contribution is 2.43. The molecule has 9 rings (SSSR count). The summed E-state index contributed by atoms with van der Waals surface area (Å²) in [4.78, 5) is 9.26. The minimum atomic E-state index is 0.909. The third-order valence-corrected chi connectivity index (χ3v) is 8.74. The summed E-state index contributed by atoms with van der Waals surface area (Å²) in [7, 11) is 0. The van der Waals surface area contributed by atoms with Crippen molar-refractivity contribution in [3.8, 4) is 44.8 Å². The summed E-state index contributed by atoms with van der Waals surface area (Å²) in [5, 5.41) is 7.17. The second kappa shape index (κ2) is 10.3. The van der Waals surface area contributed by atoms with E-state index in [-0.39, 0.29) is 0 Å². The van der Waals surface area contributed by atoms with Crippen molar-refractivity contribution < 1.29 is 4.42 Å². The lowest BCUT2D eigenvalue weighted by molar-refractivity contribution is 0.670. The first-order valence-electron chi connectivity index (χ1n) is 15.1. The van der Waals surface area contributed by atoms with Crippen molar-refractivity contribution in [2.24, 2.45) is 0 Å². The Balaban J connectivity index is 1.22. The van der Waals surface area contributed by atoms with Crippen LogP contribution >= 0.6 is 0 Å². The maximum absolute atomic E-state index is 6.68. The zero-order valence-corrected chi connectivity index (χ0v) is 24.3. The first kappa shape index (κ1) is 25.4. The van der Waals surface area contributed by atoms with Gasteiger partial charge in [-0.3, -0.25) is 9.97 Å². The third-order valence-electron chi connectivity index (χ3n) is 8.74. The first-order valence-corrected chi connectivity index (χ1v) is 15.1. The van der Waals surface area contributed by atoms with Crippen LogP contribution in [-0.2, 0) is 0 Å². The van der Waals surface area contributed by atoms with Crippen molar-refractivity contribution in [1.82, 2.24) is 9.97 Å². The second-order valence-electron chi connectivity index (χ2n) is 11.4. The van der Waals surface area contributed by atoms with E-state index < -0.39 is 0 Å². The molecule has 3 aromatic heterocycles. The van der Waals surface area contributed by atoms with Crippen molar-refractivity contribution in [2.75, 3.05) is 0 Å². The number of pyridine rings is 2. The van der Waals surface area contributed by atoms with E-state index in [2.05, 4.69) is 119 Å². The molecular weight excluding hydrogens is 548 g/mol. The highest BCUT2D eigenvalue weighted by Gasteiger charge is 2.18. The second-order valence-corrected chi connectivity index (χ2v) is 11.4. The van der Waals surface area contributed by atoms with Crippen LogP contribution in [0.1, 0.15) is 0 Å². The molecule has 0 amide bonds. The molecule has 0 N–H and O–H groups in total. The Kier molecular flexibility index (Phi) is 5.82. The van der Waals surface area contributed by atoms with Gasteiger partial charge in [-0.25, -0.2) is 0 Å². The highest BCUT2D eigenvalue weighted by molar-refractivity contribution is 6.28. The van der Waals surface area contributed by atoms with Gasteiger partial charge in [0.1, 0.15) is 11.2 Å². The van der Waals surface area contributed by atoms with Crippen molar-refractivity contribution >= 4 is 43.5 Å². The van der Waals surface area contributed by atoms with Crippen LogP contribution in [0.15, 0.2) is 162 Å². The Morgan fingerprint density at radius 2 is 0.978 bits per heavy atom. The largest absolute Gasteiger partial charge is 0.455 e. The number of nitrogens with zero attached hydrogens (tertiary/aromatic N) is 2. The highest BCUT2D eigenvalue weighted by atomic mass is 16.3. The Hall–Kier alpha value is -6.06. The van der Waals surface area contributed by atoms with Crippen molar-refractivity contribution in [2.45, 2.75) is 0 Å². The number of rotatable bonds is 4. The number of hydrogen-bond donors (Lipinski definition) is 0. The van der Waals surface area contributed by atoms with Crippen molar-refractivity contribution in [1.29, 1.82) is 0 Å². The summed E-state index contributed by atoms with van der Waals surface area (Å²) in [6, 6.07) is 51.1. The van der Waals surface area contributed by atoms with Gasteiger partial charge < -0.3 is 4.42 Å². The monoisotopic (exact) mass is 574 g/mol. The van der Waals surface area contributed by atoms with E-state index in [0.29, 0.717) is 0 Å². The number of hydrogen-bond acceptors (Lipinski definition) is 3. The smallest absolute Gasteiger partial charge is 0.143 e. The summed E-state index contributed by atoms with van der Waals surface area (Å²) >= 11 is 0. The minimum absolute atomic E-state index is 0.909. The van der Waals surface area contributed by atoms with E-state index >= 15 is 0 Å². The van der Waals surface area contributed by atoms with Crippen LogP contribution in [0.5, 0.6) is 0 Å². The lowest BCUT2D eigenvalue weighted by atomic mass is 9.93. The molecule has 0 atom stereocenters. The molecule has 0 unspecified atom stereocenters. The fourth-order valence-electron chi connectivity index (χ4n) is 6.60. The topological polar surface area (TPSA) is 38.9 Å². The van der Waals surface area contributed by atoms with Gasteiger partial charge in [-0.2, -0.15) is 0 Å². The average molecular weight is 575 g/mol. The van der Waals surface area contributed by atoms with Crippen LogP contribution in [-0.4, -0.2) is 9.97 Å². The van der Waals surface area contributed by atoms with Gasteiger partial charge in [-0.05, 0) is 92.8 Å². The van der Waals surface area contributed by atoms with Gasteiger partial charge in [0.25, 0.3) is 0 Å². The molecule has 0 saturated heterocycles. The SMILES string of the molecule is c1ccc(-c2cc(-c3ccc(-c4cc5ccccc5c5c4oc4ccc6ccccc6c45)cc3)cc(-c3ccccn3)c2)nc1. The Morgan fingerprint density at radius 1 is 0.400 bits per heavy atom. The van der Waals surface area contributed by atoms with Crippen LogP contribution in [0.2, 0.25) is 0 Å². The molecule has 0 fully saturated rings. The molecule has 210 valence electrons. The fraction of sp³-hybridized carbons (Fsp3) is 0. The predicted molar refractivity (Wildman–Crippen MR) is 186 cm³/mol. The summed E-state index contributed by atoms with van der Waals surface area (Å²) in [5.74, 6) is 0. The molecule has 0 aliphatic rings. The Labute approximate surface area is 260 Å². The number of furan rings is 1. The molecule has 3 heteroatoms. The van der Waals surface area contributed by atoms with Gasteiger partial charge in [0.2, 0.25) is 0 Å². The fourth-order valence-corrected chi connectivity index (χ4v) is 6.60. The van der Waals surface area contributed by atoms with Gasteiger partial charge in [-0.1, -0.05) is 91.0 Å². The average Bonchev–Trinajstić information content (AvgIpc) is 3.53. The molecule has 0 aliphatic heterocycles. The van der Waals surface area contributed by atoms with Crippen molar-refractivity contribution in [3.05, 3.63) is 158 Å². The summed E-state index contributed by atoms with van der Waals surface area (Å²) < 4.78 is 6.68. The zero-order chi connectivity index (χ0) is 29.7. The van der Waals surface area contributed by atoms with Gasteiger partial charge >= 0.3 is 0 Å². The Morgan fingerprint density at radius 3 is 1.64 bits per heavy atom. The standard InChI is InChI=1S/C42H26N2O/c1-3-11-34-28(9-1)19-20-39-40(34)41-35-12-4-2-10-30(35)26-36(42(41)45-39)29-17-15-27(16-18-29)31-23-32(37-13-5-7-21-43-37)25-33(24-31)38-14-6-8-22-44-38/h1-26H. The summed E-state index contributed by atoms with van der Waals surface area (Å²) in [6.45, 7) is 0. The van der Waals surface area contributed by atoms with Gasteiger partial charge in [0, 0.05) is 39.9 Å². The van der Waals surface area contributed by atoms with Crippen LogP contribution < -0.4 is 0 Å². The van der Waals surface area contributed by atoms with E-state index in [1.54, 1.807) is 0 Å². The summed E-state index contributed by atoms with van der Waals surface area (Å²) in [5.41, 5.74) is 10.3. The van der Waals surface area contributed by atoms with Crippen LogP contribution in [0.3, 0.4) is 0 Å². The normalized spacial score (nSPS) is 11.6. The molecule has 0 saturated carbocycles. The molecule has 3 nitrogen and oxygen atoms in total. The maximum atomic E-state index is 6.68. The molecule has 9 aromatic rings. The van der Waals surface area contributed by atoms with Crippen molar-refractivity contribution in [3.63, 3.8) is 0 Å². The molecule has 0 aliphatic carbocycles. The van der Waals surface area contributed by atoms with E-state index in [4.69, 9.17) is 4.42 Å². The van der Waals surface area contributed by atoms with Gasteiger partial charge in [-0.15, -0.1) is 0 Å². The van der Waals surface area contributed by atoms with Crippen LogP contribution in [0, 0.1) is 0 Å². The zero-order valence-electron chi connectivity index (χ0n) is 24.3. The lowest BCUT2D eigenvalue weighted by Gasteiger charge is -2.11. The van der Waals surface area contributed by atoms with E-state index in [0.717, 1.165) is 55.9 Å². The van der Waals surface area contributed by atoms with Gasteiger partial charge in [0.15, 0.2) is 0 Å². The Bertz CT molecular complexity index is 2460. The first-order chi connectivity index (χ1) is 22.3. The molecule has 6 aromatic carbocycles.